The Bertz CT molecular complexity index is 490. The second kappa shape index (κ2) is 11.0. The lowest BCUT2D eigenvalue weighted by atomic mass is 10.2. The molecule has 2 atom stereocenters. The minimum absolute atomic E-state index is 0. The predicted molar refractivity (Wildman–Crippen MR) is 111 cm³/mol. The summed E-state index contributed by atoms with van der Waals surface area (Å²) in [5.41, 5.74) is 1.07. The van der Waals surface area contributed by atoms with Crippen LogP contribution in [0.3, 0.4) is 0 Å². The van der Waals surface area contributed by atoms with Gasteiger partial charge in [0.1, 0.15) is 5.76 Å². The van der Waals surface area contributed by atoms with Crippen LogP contribution < -0.4 is 10.6 Å². The van der Waals surface area contributed by atoms with Gasteiger partial charge in [-0.05, 0) is 44.6 Å². The highest BCUT2D eigenvalue weighted by Gasteiger charge is 2.24. The highest BCUT2D eigenvalue weighted by molar-refractivity contribution is 14.0. The van der Waals surface area contributed by atoms with E-state index in [4.69, 9.17) is 4.42 Å². The van der Waals surface area contributed by atoms with E-state index in [9.17, 15) is 0 Å². The van der Waals surface area contributed by atoms with Crippen molar-refractivity contribution in [3.05, 3.63) is 36.3 Å². The molecule has 130 valence electrons. The third-order valence-corrected chi connectivity index (χ3v) is 4.90. The van der Waals surface area contributed by atoms with Crippen LogP contribution in [-0.4, -0.2) is 36.6 Å². The summed E-state index contributed by atoms with van der Waals surface area (Å²) in [6.45, 7) is 7.40. The van der Waals surface area contributed by atoms with Crippen LogP contribution in [0.5, 0.6) is 0 Å². The van der Waals surface area contributed by atoms with Gasteiger partial charge in [-0.25, -0.2) is 4.99 Å². The normalized spacial score (nSPS) is 20.9. The smallest absolute Gasteiger partial charge is 0.191 e. The molecule has 1 fully saturated rings. The van der Waals surface area contributed by atoms with Crippen LogP contribution in [0.4, 0.5) is 0 Å². The number of hydrogen-bond acceptors (Lipinski definition) is 3. The highest BCUT2D eigenvalue weighted by Crippen LogP contribution is 2.27. The predicted octanol–water partition coefficient (Wildman–Crippen LogP) is 3.84. The molecule has 0 aromatic carbocycles. The molecule has 4 nitrogen and oxygen atoms in total. The van der Waals surface area contributed by atoms with Crippen molar-refractivity contribution in [3.8, 4) is 0 Å². The Kier molecular flexibility index (Phi) is 9.78. The van der Waals surface area contributed by atoms with E-state index in [2.05, 4.69) is 28.5 Å². The third-order valence-electron chi connectivity index (χ3n) is 3.81. The zero-order chi connectivity index (χ0) is 15.8. The second-order valence-electron chi connectivity index (χ2n) is 5.89. The lowest BCUT2D eigenvalue weighted by Gasteiger charge is -2.17. The largest absolute Gasteiger partial charge is 0.469 e. The molecule has 2 unspecified atom stereocenters. The van der Waals surface area contributed by atoms with E-state index in [1.165, 1.54) is 19.3 Å². The van der Waals surface area contributed by atoms with Crippen LogP contribution in [-0.2, 0) is 6.42 Å². The number of thioether (sulfide) groups is 1. The molecule has 0 amide bonds. The molecular formula is C17H28IN3OS. The minimum Gasteiger partial charge on any atom is -0.469 e. The summed E-state index contributed by atoms with van der Waals surface area (Å²) in [5.74, 6) is 1.89. The van der Waals surface area contributed by atoms with Crippen molar-refractivity contribution < 1.29 is 4.42 Å². The van der Waals surface area contributed by atoms with Crippen LogP contribution in [0.25, 0.3) is 0 Å². The van der Waals surface area contributed by atoms with E-state index in [1.54, 1.807) is 6.26 Å². The average molecular weight is 449 g/mol. The van der Waals surface area contributed by atoms with Crippen molar-refractivity contribution in [2.24, 2.45) is 4.99 Å². The van der Waals surface area contributed by atoms with E-state index in [0.717, 1.165) is 35.5 Å². The van der Waals surface area contributed by atoms with Crippen molar-refractivity contribution in [2.75, 3.05) is 19.3 Å². The van der Waals surface area contributed by atoms with Crippen LogP contribution in [0.15, 0.2) is 40.0 Å². The Morgan fingerprint density at radius 1 is 1.48 bits per heavy atom. The molecule has 0 bridgehead atoms. The number of guanidine groups is 1. The molecule has 1 aliphatic rings. The Labute approximate surface area is 161 Å². The third kappa shape index (κ3) is 7.65. The van der Waals surface area contributed by atoms with Crippen LogP contribution in [0.2, 0.25) is 0 Å². The molecule has 23 heavy (non-hydrogen) atoms. The first-order valence-corrected chi connectivity index (χ1v) is 9.20. The Hall–Kier alpha value is -0.630. The SMILES string of the molecule is C=C(C)CN=C(NCCc1ccco1)NC1CCC(SC)C1.I. The van der Waals surface area contributed by atoms with Gasteiger partial charge in [0.15, 0.2) is 5.96 Å². The summed E-state index contributed by atoms with van der Waals surface area (Å²) >= 11 is 1.97. The molecule has 6 heteroatoms. The van der Waals surface area contributed by atoms with Crippen LogP contribution in [0, 0.1) is 0 Å². The molecule has 2 N–H and O–H groups in total. The summed E-state index contributed by atoms with van der Waals surface area (Å²) < 4.78 is 5.36. The van der Waals surface area contributed by atoms with Crippen molar-refractivity contribution >= 4 is 41.7 Å². The van der Waals surface area contributed by atoms with Gasteiger partial charge in [0.05, 0.1) is 12.8 Å². The number of rotatable bonds is 7. The maximum atomic E-state index is 5.36. The summed E-state index contributed by atoms with van der Waals surface area (Å²) in [7, 11) is 0. The first kappa shape index (κ1) is 20.4. The Balaban J connectivity index is 0.00000264. The molecule has 1 heterocycles. The molecular weight excluding hydrogens is 421 g/mol. The quantitative estimate of drug-likeness (QED) is 0.288. The minimum atomic E-state index is 0. The first-order valence-electron chi connectivity index (χ1n) is 7.91. The van der Waals surface area contributed by atoms with Gasteiger partial charge in [0.2, 0.25) is 0 Å². The number of aliphatic imine (C=N–C) groups is 1. The molecule has 1 aromatic rings. The van der Waals surface area contributed by atoms with Gasteiger partial charge in [-0.15, -0.1) is 24.0 Å². The molecule has 0 saturated heterocycles. The monoisotopic (exact) mass is 449 g/mol. The van der Waals surface area contributed by atoms with Gasteiger partial charge in [0.25, 0.3) is 0 Å². The summed E-state index contributed by atoms with van der Waals surface area (Å²) in [5, 5.41) is 7.75. The fourth-order valence-electron chi connectivity index (χ4n) is 2.60. The maximum Gasteiger partial charge on any atom is 0.191 e. The first-order chi connectivity index (χ1) is 10.7. The Morgan fingerprint density at radius 3 is 2.91 bits per heavy atom. The van der Waals surface area contributed by atoms with Gasteiger partial charge in [-0.1, -0.05) is 12.2 Å². The van der Waals surface area contributed by atoms with E-state index in [-0.39, 0.29) is 24.0 Å². The molecule has 0 radical (unpaired) electrons. The Morgan fingerprint density at radius 2 is 2.30 bits per heavy atom. The van der Waals surface area contributed by atoms with Gasteiger partial charge in [-0.3, -0.25) is 0 Å². The zero-order valence-electron chi connectivity index (χ0n) is 14.0. The molecule has 0 spiro atoms. The number of hydrogen-bond donors (Lipinski definition) is 2. The van der Waals surface area contributed by atoms with E-state index < -0.39 is 0 Å². The number of nitrogens with zero attached hydrogens (tertiary/aromatic N) is 1. The number of furan rings is 1. The zero-order valence-corrected chi connectivity index (χ0v) is 17.2. The molecule has 2 rings (SSSR count). The molecule has 0 aliphatic heterocycles. The van der Waals surface area contributed by atoms with Crippen molar-refractivity contribution in [2.45, 2.75) is 43.9 Å². The molecule has 1 aromatic heterocycles. The summed E-state index contributed by atoms with van der Waals surface area (Å²) in [4.78, 5) is 4.61. The van der Waals surface area contributed by atoms with Crippen LogP contribution >= 0.6 is 35.7 Å². The highest BCUT2D eigenvalue weighted by atomic mass is 127. The summed E-state index contributed by atoms with van der Waals surface area (Å²) in [6, 6.07) is 4.45. The molecule has 1 saturated carbocycles. The molecule has 1 aliphatic carbocycles. The lowest BCUT2D eigenvalue weighted by Crippen LogP contribution is -2.43. The van der Waals surface area contributed by atoms with Crippen molar-refractivity contribution in [3.63, 3.8) is 0 Å². The van der Waals surface area contributed by atoms with E-state index in [1.807, 2.05) is 30.8 Å². The van der Waals surface area contributed by atoms with Gasteiger partial charge in [0, 0.05) is 24.3 Å². The topological polar surface area (TPSA) is 49.6 Å². The lowest BCUT2D eigenvalue weighted by molar-refractivity contribution is 0.506. The van der Waals surface area contributed by atoms with Gasteiger partial charge >= 0.3 is 0 Å². The van der Waals surface area contributed by atoms with Gasteiger partial charge in [-0.2, -0.15) is 11.8 Å². The van der Waals surface area contributed by atoms with Crippen molar-refractivity contribution in [1.82, 2.24) is 10.6 Å². The average Bonchev–Trinajstić information content (AvgIpc) is 3.15. The number of halogens is 1. The number of nitrogens with one attached hydrogen (secondary N) is 2. The second-order valence-corrected chi connectivity index (χ2v) is 7.03. The van der Waals surface area contributed by atoms with Crippen molar-refractivity contribution in [1.29, 1.82) is 0 Å². The van der Waals surface area contributed by atoms with Gasteiger partial charge < -0.3 is 15.1 Å². The maximum absolute atomic E-state index is 5.36. The van der Waals surface area contributed by atoms with Crippen LogP contribution in [0.1, 0.15) is 31.9 Å². The fraction of sp³-hybridized carbons (Fsp3) is 0.588. The standard InChI is InChI=1S/C17H27N3OS.HI/c1-13(2)12-19-17(18-9-8-15-5-4-10-21-15)20-14-6-7-16(11-14)22-3;/h4-5,10,14,16H,1,6-9,11-12H2,2-3H3,(H2,18,19,20);1H. The van der Waals surface area contributed by atoms with E-state index >= 15 is 0 Å². The summed E-state index contributed by atoms with van der Waals surface area (Å²) in [6.07, 6.45) is 8.50. The van der Waals surface area contributed by atoms with E-state index in [0.29, 0.717) is 12.6 Å². The fourth-order valence-corrected chi connectivity index (χ4v) is 3.40.